The van der Waals surface area contributed by atoms with Crippen LogP contribution >= 0.6 is 11.6 Å². The van der Waals surface area contributed by atoms with Gasteiger partial charge in [-0.15, -0.1) is 0 Å². The molecule has 5 nitrogen and oxygen atoms in total. The first-order valence-electron chi connectivity index (χ1n) is 10.0. The SMILES string of the molecule is COc1ccc(CCNC(=O)C[C@@H](c2ccccc2)c2cc(Cl)ccc2O)cc1OC. The maximum Gasteiger partial charge on any atom is 0.220 e. The maximum atomic E-state index is 12.7. The monoisotopic (exact) mass is 439 g/mol. The van der Waals surface area contributed by atoms with E-state index >= 15 is 0 Å². The minimum atomic E-state index is -0.305. The first-order chi connectivity index (χ1) is 15.0. The molecule has 0 bridgehead atoms. The highest BCUT2D eigenvalue weighted by atomic mass is 35.5. The Balaban J connectivity index is 1.68. The van der Waals surface area contributed by atoms with Gasteiger partial charge in [-0.2, -0.15) is 0 Å². The highest BCUT2D eigenvalue weighted by Gasteiger charge is 2.21. The molecule has 0 spiro atoms. The summed E-state index contributed by atoms with van der Waals surface area (Å²) in [6.07, 6.45) is 0.856. The molecular formula is C25H26ClNO4. The van der Waals surface area contributed by atoms with Gasteiger partial charge in [0.1, 0.15) is 5.75 Å². The second kappa shape index (κ2) is 10.7. The zero-order valence-corrected chi connectivity index (χ0v) is 18.4. The summed E-state index contributed by atoms with van der Waals surface area (Å²) in [7, 11) is 3.19. The van der Waals surface area contributed by atoms with Gasteiger partial charge in [-0.3, -0.25) is 4.79 Å². The van der Waals surface area contributed by atoms with Crippen molar-refractivity contribution in [2.24, 2.45) is 0 Å². The molecule has 0 fully saturated rings. The van der Waals surface area contributed by atoms with E-state index in [0.717, 1.165) is 11.1 Å². The minimum Gasteiger partial charge on any atom is -0.508 e. The molecule has 0 aliphatic heterocycles. The number of phenols is 1. The third-order valence-electron chi connectivity index (χ3n) is 5.14. The van der Waals surface area contributed by atoms with Gasteiger partial charge in [-0.1, -0.05) is 48.0 Å². The first-order valence-corrected chi connectivity index (χ1v) is 10.4. The summed E-state index contributed by atoms with van der Waals surface area (Å²) >= 11 is 6.15. The molecule has 0 aliphatic rings. The number of benzene rings is 3. The third-order valence-corrected chi connectivity index (χ3v) is 5.38. The molecule has 0 saturated heterocycles. The number of halogens is 1. The molecule has 3 aromatic rings. The average Bonchev–Trinajstić information content (AvgIpc) is 2.79. The molecule has 6 heteroatoms. The third kappa shape index (κ3) is 5.92. The predicted molar refractivity (Wildman–Crippen MR) is 122 cm³/mol. The van der Waals surface area contributed by atoms with Crippen LogP contribution in [0.15, 0.2) is 66.7 Å². The van der Waals surface area contributed by atoms with Crippen molar-refractivity contribution < 1.29 is 19.4 Å². The number of phenolic OH excluding ortho intramolecular Hbond substituents is 1. The quantitative estimate of drug-likeness (QED) is 0.495. The standard InChI is InChI=1S/C25H26ClNO4/c1-30-23-11-8-17(14-24(23)31-2)12-13-27-25(29)16-20(18-6-4-3-5-7-18)21-15-19(26)9-10-22(21)28/h3-11,14-15,20,28H,12-13,16H2,1-2H3,(H,27,29)/t20-/m0/s1. The van der Waals surface area contributed by atoms with Crippen LogP contribution in [-0.2, 0) is 11.2 Å². The van der Waals surface area contributed by atoms with Gasteiger partial charge in [-0.25, -0.2) is 0 Å². The number of hydrogen-bond acceptors (Lipinski definition) is 4. The van der Waals surface area contributed by atoms with Crippen molar-refractivity contribution in [1.82, 2.24) is 5.32 Å². The van der Waals surface area contributed by atoms with E-state index in [2.05, 4.69) is 5.32 Å². The number of carbonyl (C=O) groups is 1. The van der Waals surface area contributed by atoms with Gasteiger partial charge in [0.15, 0.2) is 11.5 Å². The number of ether oxygens (including phenoxy) is 2. The lowest BCUT2D eigenvalue weighted by atomic mass is 9.87. The smallest absolute Gasteiger partial charge is 0.220 e. The summed E-state index contributed by atoms with van der Waals surface area (Å²) in [4.78, 5) is 12.7. The van der Waals surface area contributed by atoms with Crippen molar-refractivity contribution in [3.05, 3.63) is 88.4 Å². The van der Waals surface area contributed by atoms with Crippen molar-refractivity contribution in [2.45, 2.75) is 18.8 Å². The van der Waals surface area contributed by atoms with Crippen LogP contribution in [-0.4, -0.2) is 31.8 Å². The summed E-state index contributed by atoms with van der Waals surface area (Å²) < 4.78 is 10.6. The van der Waals surface area contributed by atoms with Gasteiger partial charge in [0.2, 0.25) is 5.91 Å². The Labute approximate surface area is 187 Å². The number of rotatable bonds is 9. The lowest BCUT2D eigenvalue weighted by Crippen LogP contribution is -2.27. The van der Waals surface area contributed by atoms with Crippen molar-refractivity contribution in [3.8, 4) is 17.2 Å². The van der Waals surface area contributed by atoms with Crippen molar-refractivity contribution in [2.75, 3.05) is 20.8 Å². The number of nitrogens with one attached hydrogen (secondary N) is 1. The number of methoxy groups -OCH3 is 2. The Morgan fingerprint density at radius 2 is 1.74 bits per heavy atom. The molecule has 1 atom stereocenters. The number of carbonyl (C=O) groups excluding carboxylic acids is 1. The lowest BCUT2D eigenvalue weighted by Gasteiger charge is -2.19. The van der Waals surface area contributed by atoms with Crippen molar-refractivity contribution in [3.63, 3.8) is 0 Å². The van der Waals surface area contributed by atoms with E-state index in [0.29, 0.717) is 35.1 Å². The Kier molecular flexibility index (Phi) is 7.79. The Hall–Kier alpha value is -3.18. The van der Waals surface area contributed by atoms with E-state index in [9.17, 15) is 9.90 Å². The van der Waals surface area contributed by atoms with Gasteiger partial charge in [0.05, 0.1) is 14.2 Å². The van der Waals surface area contributed by atoms with Crippen LogP contribution in [0.25, 0.3) is 0 Å². The lowest BCUT2D eigenvalue weighted by molar-refractivity contribution is -0.121. The minimum absolute atomic E-state index is 0.103. The predicted octanol–water partition coefficient (Wildman–Crippen LogP) is 4.94. The number of hydrogen-bond donors (Lipinski definition) is 2. The van der Waals surface area contributed by atoms with E-state index in [1.54, 1.807) is 32.4 Å². The van der Waals surface area contributed by atoms with Crippen LogP contribution in [0.4, 0.5) is 0 Å². The summed E-state index contributed by atoms with van der Waals surface area (Å²) in [6.45, 7) is 0.483. The van der Waals surface area contributed by atoms with Crippen LogP contribution < -0.4 is 14.8 Å². The van der Waals surface area contributed by atoms with E-state index in [1.165, 1.54) is 0 Å². The molecule has 2 N–H and O–H groups in total. The van der Waals surface area contributed by atoms with Crippen molar-refractivity contribution in [1.29, 1.82) is 0 Å². The zero-order chi connectivity index (χ0) is 22.2. The van der Waals surface area contributed by atoms with E-state index in [4.69, 9.17) is 21.1 Å². The summed E-state index contributed by atoms with van der Waals surface area (Å²) in [5, 5.41) is 13.9. The first kappa shape index (κ1) is 22.5. The van der Waals surface area contributed by atoms with Gasteiger partial charge in [0, 0.05) is 29.5 Å². The van der Waals surface area contributed by atoms with Crippen LogP contribution in [0.1, 0.15) is 29.0 Å². The molecule has 0 aromatic heterocycles. The molecule has 0 heterocycles. The second-order valence-corrected chi connectivity index (χ2v) is 7.60. The average molecular weight is 440 g/mol. The van der Waals surface area contributed by atoms with E-state index in [-0.39, 0.29) is 24.0 Å². The summed E-state index contributed by atoms with van der Waals surface area (Å²) in [5.74, 6) is 1.04. The Morgan fingerprint density at radius 1 is 1.00 bits per heavy atom. The summed E-state index contributed by atoms with van der Waals surface area (Å²) in [6, 6.07) is 20.2. The maximum absolute atomic E-state index is 12.7. The van der Waals surface area contributed by atoms with Crippen LogP contribution in [0.2, 0.25) is 5.02 Å². The number of amides is 1. The highest BCUT2D eigenvalue weighted by Crippen LogP contribution is 2.35. The van der Waals surface area contributed by atoms with Crippen LogP contribution in [0.3, 0.4) is 0 Å². The molecule has 0 unspecified atom stereocenters. The molecule has 3 rings (SSSR count). The Bertz CT molecular complexity index is 1020. The van der Waals surface area contributed by atoms with Gasteiger partial charge in [-0.05, 0) is 47.9 Å². The zero-order valence-electron chi connectivity index (χ0n) is 17.6. The largest absolute Gasteiger partial charge is 0.508 e. The van der Waals surface area contributed by atoms with Crippen LogP contribution in [0, 0.1) is 0 Å². The van der Waals surface area contributed by atoms with Crippen LogP contribution in [0.5, 0.6) is 17.2 Å². The van der Waals surface area contributed by atoms with E-state index < -0.39 is 0 Å². The van der Waals surface area contributed by atoms with Gasteiger partial charge in [0.25, 0.3) is 0 Å². The molecule has 3 aromatic carbocycles. The second-order valence-electron chi connectivity index (χ2n) is 7.16. The summed E-state index contributed by atoms with van der Waals surface area (Å²) in [5.41, 5.74) is 2.61. The van der Waals surface area contributed by atoms with Crippen molar-refractivity contribution >= 4 is 17.5 Å². The number of aromatic hydroxyl groups is 1. The molecule has 0 aliphatic carbocycles. The fraction of sp³-hybridized carbons (Fsp3) is 0.240. The van der Waals surface area contributed by atoms with E-state index in [1.807, 2.05) is 48.5 Å². The molecule has 0 radical (unpaired) electrons. The molecular weight excluding hydrogens is 414 g/mol. The normalized spacial score (nSPS) is 11.6. The Morgan fingerprint density at radius 3 is 2.45 bits per heavy atom. The topological polar surface area (TPSA) is 67.8 Å². The molecule has 0 saturated carbocycles. The fourth-order valence-corrected chi connectivity index (χ4v) is 3.72. The molecule has 1 amide bonds. The highest BCUT2D eigenvalue weighted by molar-refractivity contribution is 6.30. The van der Waals surface area contributed by atoms with Gasteiger partial charge >= 0.3 is 0 Å². The fourth-order valence-electron chi connectivity index (χ4n) is 3.54. The molecule has 31 heavy (non-hydrogen) atoms. The van der Waals surface area contributed by atoms with Gasteiger partial charge < -0.3 is 19.9 Å². The molecule has 162 valence electrons.